The Bertz CT molecular complexity index is 747. The minimum absolute atomic E-state index is 0.126. The summed E-state index contributed by atoms with van der Waals surface area (Å²) in [5, 5.41) is 15.3. The zero-order chi connectivity index (χ0) is 16.6. The van der Waals surface area contributed by atoms with Crippen molar-refractivity contribution in [2.24, 2.45) is 0 Å². The van der Waals surface area contributed by atoms with Crippen LogP contribution in [-0.4, -0.2) is 33.2 Å². The number of aliphatic hydroxyl groups excluding tert-OH is 1. The van der Waals surface area contributed by atoms with Gasteiger partial charge in [-0.1, -0.05) is 0 Å². The number of nitrogens with zero attached hydrogens (tertiary/aromatic N) is 3. The molecule has 0 aromatic carbocycles. The molecular formula is C17H19N5O2. The van der Waals surface area contributed by atoms with Crippen LogP contribution in [0.25, 0.3) is 11.3 Å². The van der Waals surface area contributed by atoms with Crippen LogP contribution in [-0.2, 0) is 6.54 Å². The van der Waals surface area contributed by atoms with E-state index in [0.717, 1.165) is 17.0 Å². The zero-order valence-corrected chi connectivity index (χ0v) is 13.1. The SMILES string of the molecule is OCCCNc1nc(NCc2ccco2)cc(-c2ccncc2)n1. The first-order valence-electron chi connectivity index (χ1n) is 7.75. The van der Waals surface area contributed by atoms with Crippen molar-refractivity contribution in [1.29, 1.82) is 0 Å². The smallest absolute Gasteiger partial charge is 0.225 e. The van der Waals surface area contributed by atoms with Crippen LogP contribution in [0.5, 0.6) is 0 Å². The van der Waals surface area contributed by atoms with E-state index in [-0.39, 0.29) is 6.61 Å². The Morgan fingerprint density at radius 3 is 2.71 bits per heavy atom. The summed E-state index contributed by atoms with van der Waals surface area (Å²) >= 11 is 0. The first kappa shape index (κ1) is 15.9. The molecule has 0 saturated heterocycles. The van der Waals surface area contributed by atoms with Crippen molar-refractivity contribution in [3.05, 3.63) is 54.7 Å². The van der Waals surface area contributed by atoms with Gasteiger partial charge in [-0.2, -0.15) is 4.98 Å². The van der Waals surface area contributed by atoms with E-state index >= 15 is 0 Å². The van der Waals surface area contributed by atoms with Gasteiger partial charge in [0.25, 0.3) is 0 Å². The molecule has 0 unspecified atom stereocenters. The maximum atomic E-state index is 8.91. The highest BCUT2D eigenvalue weighted by atomic mass is 16.3. The maximum Gasteiger partial charge on any atom is 0.225 e. The monoisotopic (exact) mass is 325 g/mol. The molecule has 0 fully saturated rings. The number of furan rings is 1. The first-order chi connectivity index (χ1) is 11.8. The lowest BCUT2D eigenvalue weighted by atomic mass is 10.2. The van der Waals surface area contributed by atoms with E-state index in [9.17, 15) is 0 Å². The molecule has 3 N–H and O–H groups in total. The molecule has 7 heteroatoms. The number of hydrogen-bond acceptors (Lipinski definition) is 7. The van der Waals surface area contributed by atoms with Gasteiger partial charge < -0.3 is 20.2 Å². The van der Waals surface area contributed by atoms with Crippen molar-refractivity contribution in [2.45, 2.75) is 13.0 Å². The van der Waals surface area contributed by atoms with E-state index in [0.29, 0.717) is 31.3 Å². The van der Waals surface area contributed by atoms with Crippen molar-refractivity contribution in [3.8, 4) is 11.3 Å². The van der Waals surface area contributed by atoms with Gasteiger partial charge in [-0.3, -0.25) is 4.98 Å². The number of nitrogens with one attached hydrogen (secondary N) is 2. The van der Waals surface area contributed by atoms with E-state index in [1.807, 2.05) is 30.3 Å². The molecule has 7 nitrogen and oxygen atoms in total. The molecule has 3 aromatic rings. The van der Waals surface area contributed by atoms with Crippen LogP contribution in [0, 0.1) is 0 Å². The average molecular weight is 325 g/mol. The molecule has 24 heavy (non-hydrogen) atoms. The molecule has 0 aliphatic rings. The lowest BCUT2D eigenvalue weighted by molar-refractivity contribution is 0.292. The second-order valence-corrected chi connectivity index (χ2v) is 5.13. The number of pyridine rings is 1. The molecule has 0 saturated carbocycles. The molecule has 0 atom stereocenters. The van der Waals surface area contributed by atoms with Crippen molar-refractivity contribution in [3.63, 3.8) is 0 Å². The standard InChI is InChI=1S/C17H19N5O2/c23-9-2-6-19-17-21-15(13-4-7-18-8-5-13)11-16(22-17)20-12-14-3-1-10-24-14/h1,3-5,7-8,10-11,23H,2,6,9,12H2,(H2,19,20,21,22). The fourth-order valence-corrected chi connectivity index (χ4v) is 2.16. The molecule has 0 radical (unpaired) electrons. The summed E-state index contributed by atoms with van der Waals surface area (Å²) in [7, 11) is 0. The van der Waals surface area contributed by atoms with Crippen molar-refractivity contribution < 1.29 is 9.52 Å². The molecule has 0 amide bonds. The summed E-state index contributed by atoms with van der Waals surface area (Å²) < 4.78 is 5.32. The van der Waals surface area contributed by atoms with Gasteiger partial charge in [0.15, 0.2) is 0 Å². The van der Waals surface area contributed by atoms with Crippen LogP contribution in [0.4, 0.5) is 11.8 Å². The summed E-state index contributed by atoms with van der Waals surface area (Å²) in [6.45, 7) is 1.27. The van der Waals surface area contributed by atoms with Crippen LogP contribution in [0.2, 0.25) is 0 Å². The van der Waals surface area contributed by atoms with Crippen LogP contribution in [0.1, 0.15) is 12.2 Å². The molecule has 3 rings (SSSR count). The molecule has 0 spiro atoms. The molecule has 0 aliphatic heterocycles. The fraction of sp³-hybridized carbons (Fsp3) is 0.235. The number of anilines is 2. The highest BCUT2D eigenvalue weighted by molar-refractivity contribution is 5.63. The van der Waals surface area contributed by atoms with E-state index in [1.54, 1.807) is 18.7 Å². The average Bonchev–Trinajstić information content (AvgIpc) is 3.14. The molecular weight excluding hydrogens is 306 g/mol. The largest absolute Gasteiger partial charge is 0.467 e. The molecule has 3 aromatic heterocycles. The van der Waals surface area contributed by atoms with Gasteiger partial charge in [0.2, 0.25) is 5.95 Å². The van der Waals surface area contributed by atoms with E-state index < -0.39 is 0 Å². The van der Waals surface area contributed by atoms with Crippen molar-refractivity contribution in [2.75, 3.05) is 23.8 Å². The number of hydrogen-bond donors (Lipinski definition) is 3. The summed E-state index contributed by atoms with van der Waals surface area (Å²) in [6.07, 6.45) is 5.73. The summed E-state index contributed by atoms with van der Waals surface area (Å²) in [5.41, 5.74) is 1.75. The Kier molecular flexibility index (Phi) is 5.36. The Morgan fingerprint density at radius 2 is 1.96 bits per heavy atom. The first-order valence-corrected chi connectivity index (χ1v) is 7.75. The molecule has 0 aliphatic carbocycles. The lowest BCUT2D eigenvalue weighted by Crippen LogP contribution is -2.09. The van der Waals surface area contributed by atoms with Gasteiger partial charge in [-0.25, -0.2) is 4.98 Å². The van der Waals surface area contributed by atoms with Crippen LogP contribution in [0.3, 0.4) is 0 Å². The molecule has 124 valence electrons. The van der Waals surface area contributed by atoms with E-state index in [1.165, 1.54) is 0 Å². The van der Waals surface area contributed by atoms with Crippen molar-refractivity contribution >= 4 is 11.8 Å². The van der Waals surface area contributed by atoms with Crippen LogP contribution >= 0.6 is 0 Å². The van der Waals surface area contributed by atoms with E-state index in [4.69, 9.17) is 9.52 Å². The van der Waals surface area contributed by atoms with Crippen LogP contribution < -0.4 is 10.6 Å². The predicted molar refractivity (Wildman–Crippen MR) is 91.5 cm³/mol. The van der Waals surface area contributed by atoms with Crippen LogP contribution in [0.15, 0.2) is 53.4 Å². The van der Waals surface area contributed by atoms with Gasteiger partial charge in [-0.05, 0) is 30.7 Å². The third-order valence-corrected chi connectivity index (χ3v) is 3.34. The number of aliphatic hydroxyl groups is 1. The van der Waals surface area contributed by atoms with Gasteiger partial charge in [0.1, 0.15) is 11.6 Å². The fourth-order valence-electron chi connectivity index (χ4n) is 2.16. The van der Waals surface area contributed by atoms with Gasteiger partial charge >= 0.3 is 0 Å². The topological polar surface area (TPSA) is 96.1 Å². The number of rotatable bonds is 8. The minimum atomic E-state index is 0.126. The zero-order valence-electron chi connectivity index (χ0n) is 13.1. The Labute approximate surface area is 139 Å². The summed E-state index contributed by atoms with van der Waals surface area (Å²) in [6, 6.07) is 9.43. The second kappa shape index (κ2) is 8.07. The molecule has 3 heterocycles. The third-order valence-electron chi connectivity index (χ3n) is 3.34. The summed E-state index contributed by atoms with van der Waals surface area (Å²) in [5.74, 6) is 2.04. The van der Waals surface area contributed by atoms with Crippen molar-refractivity contribution in [1.82, 2.24) is 15.0 Å². The van der Waals surface area contributed by atoms with Gasteiger partial charge in [0.05, 0.1) is 18.5 Å². The Balaban J connectivity index is 1.81. The van der Waals surface area contributed by atoms with Gasteiger partial charge in [-0.15, -0.1) is 0 Å². The second-order valence-electron chi connectivity index (χ2n) is 5.13. The normalized spacial score (nSPS) is 10.5. The predicted octanol–water partition coefficient (Wildman–Crippen LogP) is 2.54. The number of aromatic nitrogens is 3. The minimum Gasteiger partial charge on any atom is -0.467 e. The highest BCUT2D eigenvalue weighted by Crippen LogP contribution is 2.21. The maximum absolute atomic E-state index is 8.91. The Hall–Kier alpha value is -2.93. The lowest BCUT2D eigenvalue weighted by Gasteiger charge is -2.10. The van der Waals surface area contributed by atoms with E-state index in [2.05, 4.69) is 25.6 Å². The Morgan fingerprint density at radius 1 is 1.08 bits per heavy atom. The highest BCUT2D eigenvalue weighted by Gasteiger charge is 2.07. The van der Waals surface area contributed by atoms with Gasteiger partial charge in [0, 0.05) is 37.2 Å². The summed E-state index contributed by atoms with van der Waals surface area (Å²) in [4.78, 5) is 13.0. The quantitative estimate of drug-likeness (QED) is 0.548. The molecule has 0 bridgehead atoms. The third kappa shape index (κ3) is 4.30.